The molecule has 5 nitrogen and oxygen atoms in total. The second kappa shape index (κ2) is 4.28. The van der Waals surface area contributed by atoms with Crippen LogP contribution in [0.1, 0.15) is 20.3 Å². The van der Waals surface area contributed by atoms with E-state index in [1.165, 1.54) is 0 Å². The average molecular weight is 256 g/mol. The lowest BCUT2D eigenvalue weighted by Gasteiger charge is -2.48. The molecule has 5 heteroatoms. The van der Waals surface area contributed by atoms with Crippen LogP contribution in [0.4, 0.5) is 0 Å². The predicted octanol–water partition coefficient (Wildman–Crippen LogP) is 0.203. The monoisotopic (exact) mass is 256 g/mol. The molecule has 2 fully saturated rings. The number of hydrogen-bond acceptors (Lipinski definition) is 5. The van der Waals surface area contributed by atoms with Crippen LogP contribution in [0.25, 0.3) is 0 Å². The van der Waals surface area contributed by atoms with Crippen LogP contribution in [0, 0.1) is 5.92 Å². The molecule has 2 N–H and O–H groups in total. The van der Waals surface area contributed by atoms with E-state index >= 15 is 0 Å². The van der Waals surface area contributed by atoms with Crippen molar-refractivity contribution in [1.82, 2.24) is 0 Å². The standard InChI is InChI=1S/C13H20O5/c1-7-5-8(2)18-13(17-7)9-3-4-10(16-6-9)11(14)12(13)15/h3-4,7-12,14-15H,5-6H2,1-2H3/t7-,8+,9-,10-,11+,12+,13?/m1/s1. The lowest BCUT2D eigenvalue weighted by Crippen LogP contribution is -2.61. The maximum atomic E-state index is 10.4. The number of fused-ring (bicyclic) bond motifs is 2. The number of aliphatic hydroxyl groups excluding tert-OH is 2. The lowest BCUT2D eigenvalue weighted by molar-refractivity contribution is -0.366. The fraction of sp³-hybridized carbons (Fsp3) is 0.846. The van der Waals surface area contributed by atoms with Gasteiger partial charge in [0.05, 0.1) is 24.7 Å². The molecule has 0 radical (unpaired) electrons. The predicted molar refractivity (Wildman–Crippen MR) is 62.8 cm³/mol. The molecular weight excluding hydrogens is 236 g/mol. The molecule has 0 aromatic carbocycles. The molecule has 0 saturated carbocycles. The first-order valence-corrected chi connectivity index (χ1v) is 6.54. The topological polar surface area (TPSA) is 68.2 Å². The van der Waals surface area contributed by atoms with Crippen molar-refractivity contribution in [3.63, 3.8) is 0 Å². The molecule has 0 aromatic heterocycles. The van der Waals surface area contributed by atoms with Gasteiger partial charge in [-0.25, -0.2) is 0 Å². The highest BCUT2D eigenvalue weighted by Gasteiger charge is 2.58. The molecule has 18 heavy (non-hydrogen) atoms. The Hall–Kier alpha value is -0.460. The van der Waals surface area contributed by atoms with Crippen LogP contribution < -0.4 is 0 Å². The van der Waals surface area contributed by atoms with Gasteiger partial charge in [0.2, 0.25) is 5.79 Å². The summed E-state index contributed by atoms with van der Waals surface area (Å²) < 4.78 is 17.4. The Morgan fingerprint density at radius 1 is 1.11 bits per heavy atom. The molecule has 7 atom stereocenters. The zero-order valence-electron chi connectivity index (χ0n) is 10.7. The van der Waals surface area contributed by atoms with Gasteiger partial charge in [0, 0.05) is 0 Å². The van der Waals surface area contributed by atoms with Gasteiger partial charge in [-0.15, -0.1) is 0 Å². The highest BCUT2D eigenvalue weighted by atomic mass is 16.7. The fourth-order valence-electron chi connectivity index (χ4n) is 3.20. The van der Waals surface area contributed by atoms with Gasteiger partial charge in [0.1, 0.15) is 18.3 Å². The van der Waals surface area contributed by atoms with Crippen LogP contribution in [0.3, 0.4) is 0 Å². The van der Waals surface area contributed by atoms with E-state index in [0.717, 1.165) is 6.42 Å². The van der Waals surface area contributed by atoms with E-state index in [4.69, 9.17) is 14.2 Å². The Labute approximate surface area is 106 Å². The van der Waals surface area contributed by atoms with E-state index in [-0.39, 0.29) is 18.1 Å². The summed E-state index contributed by atoms with van der Waals surface area (Å²) in [5.74, 6) is -1.37. The van der Waals surface area contributed by atoms with Crippen molar-refractivity contribution in [3.8, 4) is 0 Å². The number of rotatable bonds is 0. The minimum absolute atomic E-state index is 0.0128. The third-order valence-corrected chi connectivity index (χ3v) is 4.03. The largest absolute Gasteiger partial charge is 0.387 e. The third-order valence-electron chi connectivity index (χ3n) is 4.03. The van der Waals surface area contributed by atoms with E-state index < -0.39 is 24.1 Å². The summed E-state index contributed by atoms with van der Waals surface area (Å²) in [6, 6.07) is 0. The molecule has 2 saturated heterocycles. The van der Waals surface area contributed by atoms with Crippen molar-refractivity contribution >= 4 is 0 Å². The quantitative estimate of drug-likeness (QED) is 0.606. The van der Waals surface area contributed by atoms with Crippen molar-refractivity contribution in [3.05, 3.63) is 12.2 Å². The number of hydrogen-bond donors (Lipinski definition) is 2. The van der Waals surface area contributed by atoms with E-state index in [1.54, 1.807) is 6.08 Å². The molecule has 102 valence electrons. The molecule has 0 aromatic rings. The molecular formula is C13H20O5. The average Bonchev–Trinajstić information content (AvgIpc) is 2.47. The molecule has 1 aliphatic carbocycles. The van der Waals surface area contributed by atoms with Crippen molar-refractivity contribution in [2.45, 2.75) is 56.6 Å². The van der Waals surface area contributed by atoms with E-state index in [9.17, 15) is 10.2 Å². The Morgan fingerprint density at radius 3 is 2.33 bits per heavy atom. The van der Waals surface area contributed by atoms with Crippen molar-refractivity contribution in [2.75, 3.05) is 6.61 Å². The summed E-state index contributed by atoms with van der Waals surface area (Å²) in [7, 11) is 0. The minimum atomic E-state index is -1.18. The van der Waals surface area contributed by atoms with Gasteiger partial charge in [-0.2, -0.15) is 0 Å². The van der Waals surface area contributed by atoms with E-state index in [2.05, 4.69) is 0 Å². The smallest absolute Gasteiger partial charge is 0.206 e. The SMILES string of the molecule is C[C@@H]1C[C@H](C)OC2(O1)[C@@H]1C=C[C@@H](OC1)[C@H](O)[C@@H]2O. The van der Waals surface area contributed by atoms with Gasteiger partial charge in [-0.05, 0) is 20.3 Å². The summed E-state index contributed by atoms with van der Waals surface area (Å²) in [5, 5.41) is 20.6. The van der Waals surface area contributed by atoms with Gasteiger partial charge < -0.3 is 24.4 Å². The van der Waals surface area contributed by atoms with Crippen LogP contribution in [-0.2, 0) is 14.2 Å². The highest BCUT2D eigenvalue weighted by molar-refractivity contribution is 5.14. The van der Waals surface area contributed by atoms with E-state index in [1.807, 2.05) is 19.9 Å². The van der Waals surface area contributed by atoms with Gasteiger partial charge in [0.25, 0.3) is 0 Å². The van der Waals surface area contributed by atoms with Gasteiger partial charge in [-0.3, -0.25) is 0 Å². The van der Waals surface area contributed by atoms with Crippen LogP contribution in [0.15, 0.2) is 12.2 Å². The Morgan fingerprint density at radius 2 is 1.78 bits per heavy atom. The second-order valence-electron chi connectivity index (χ2n) is 5.54. The first-order chi connectivity index (χ1) is 8.53. The molecule has 2 bridgehead atoms. The summed E-state index contributed by atoms with van der Waals surface area (Å²) in [6.45, 7) is 4.32. The van der Waals surface area contributed by atoms with Crippen molar-refractivity contribution < 1.29 is 24.4 Å². The molecule has 3 aliphatic heterocycles. The molecule has 4 rings (SSSR count). The molecule has 1 unspecified atom stereocenters. The molecule has 3 heterocycles. The van der Waals surface area contributed by atoms with Crippen molar-refractivity contribution in [2.24, 2.45) is 5.92 Å². The first-order valence-electron chi connectivity index (χ1n) is 6.54. The van der Waals surface area contributed by atoms with Gasteiger partial charge in [-0.1, -0.05) is 12.2 Å². The molecule has 4 aliphatic rings. The van der Waals surface area contributed by atoms with Crippen LogP contribution in [0.2, 0.25) is 0 Å². The van der Waals surface area contributed by atoms with E-state index in [0.29, 0.717) is 6.61 Å². The molecule has 1 spiro atoms. The zero-order chi connectivity index (χ0) is 12.9. The normalized spacial score (nSPS) is 55.8. The van der Waals surface area contributed by atoms with Crippen LogP contribution >= 0.6 is 0 Å². The second-order valence-corrected chi connectivity index (χ2v) is 5.54. The Balaban J connectivity index is 1.99. The van der Waals surface area contributed by atoms with Crippen molar-refractivity contribution in [1.29, 1.82) is 0 Å². The summed E-state index contributed by atoms with van der Waals surface area (Å²) >= 11 is 0. The summed E-state index contributed by atoms with van der Waals surface area (Å²) in [4.78, 5) is 0. The fourth-order valence-corrected chi connectivity index (χ4v) is 3.20. The third kappa shape index (κ3) is 1.73. The Kier molecular flexibility index (Phi) is 2.99. The molecule has 0 amide bonds. The maximum absolute atomic E-state index is 10.4. The maximum Gasteiger partial charge on any atom is 0.206 e. The first kappa shape index (κ1) is 12.6. The summed E-state index contributed by atoms with van der Waals surface area (Å²) in [6.07, 6.45) is 1.87. The zero-order valence-corrected chi connectivity index (χ0v) is 10.7. The Bertz CT molecular complexity index is 345. The highest BCUT2D eigenvalue weighted by Crippen LogP contribution is 2.43. The summed E-state index contributed by atoms with van der Waals surface area (Å²) in [5.41, 5.74) is 0. The van der Waals surface area contributed by atoms with Crippen LogP contribution in [-0.4, -0.2) is 53.1 Å². The van der Waals surface area contributed by atoms with Gasteiger partial charge in [0.15, 0.2) is 0 Å². The number of aliphatic hydroxyl groups is 2. The van der Waals surface area contributed by atoms with Gasteiger partial charge >= 0.3 is 0 Å². The lowest BCUT2D eigenvalue weighted by atomic mass is 9.91. The number of ether oxygens (including phenoxy) is 3. The minimum Gasteiger partial charge on any atom is -0.387 e. The van der Waals surface area contributed by atoms with Crippen LogP contribution in [0.5, 0.6) is 0 Å².